The molecule has 0 fully saturated rings. The maximum atomic E-state index is 14.2. The molecule has 10 amide bonds. The Morgan fingerprint density at radius 2 is 0.659 bits per heavy atom. The van der Waals surface area contributed by atoms with E-state index in [1.165, 1.54) is 24.3 Å². The van der Waals surface area contributed by atoms with Crippen molar-refractivity contribution < 1.29 is 112 Å². The number of thiol groups is 1. The molecule has 0 aromatic heterocycles. The van der Waals surface area contributed by atoms with E-state index >= 15 is 0 Å². The van der Waals surface area contributed by atoms with Crippen molar-refractivity contribution in [3.8, 4) is 5.75 Å². The fourth-order valence-electron chi connectivity index (χ4n) is 7.47. The normalized spacial score (nSPS) is 14.4. The minimum Gasteiger partial charge on any atom is -0.508 e. The highest BCUT2D eigenvalue weighted by Crippen LogP contribution is 2.14. The summed E-state index contributed by atoms with van der Waals surface area (Å²) in [4.78, 5) is 205. The standard InChI is InChI=1S/C48H71N13O23S/c49-11-3-1-5-24(53-42(77)26(13-21-7-9-22(62)10-8-21)56-44(79)27(15-34(64)65)55-39(74)23(51)14-33(52)63)40(75)57-29(17-36(68)69)45(80)59-31(19-38(72)73)47(82)60-30(18-37(70)71)46(81)58-28(16-35(66)67)43(78)54-25(6-2-4-12-50)41(76)61-32(20-85)48(83)84/h7-10,23-32,62,85H,1-6,11-20,49-51H2,(H2,52,63)(H,53,77)(H,54,78)(H,55,74)(H,56,79)(H,57,75)(H,58,81)(H,59,80)(H,60,82)(H,61,76)(H,64,65)(H,66,67)(H,68,69)(H,70,71)(H,72,73)(H,83,84)/t23-,24-,25-,26-,27-,28-,29-,30-,31-,32-/m0/s1. The molecule has 0 radical (unpaired) electrons. The van der Waals surface area contributed by atoms with E-state index in [9.17, 15) is 112 Å². The summed E-state index contributed by atoms with van der Waals surface area (Å²) in [5, 5.41) is 86.3. The summed E-state index contributed by atoms with van der Waals surface area (Å²) in [6.45, 7) is 0.142. The van der Waals surface area contributed by atoms with Crippen molar-refractivity contribution in [2.75, 3.05) is 18.8 Å². The van der Waals surface area contributed by atoms with Crippen molar-refractivity contribution in [3.05, 3.63) is 29.8 Å². The average Bonchev–Trinajstić information content (AvgIpc) is 3.52. The van der Waals surface area contributed by atoms with Crippen LogP contribution < -0.4 is 70.8 Å². The van der Waals surface area contributed by atoms with Crippen molar-refractivity contribution in [3.63, 3.8) is 0 Å². The Labute approximate surface area is 487 Å². The van der Waals surface area contributed by atoms with Gasteiger partial charge in [-0.3, -0.25) is 71.9 Å². The summed E-state index contributed by atoms with van der Waals surface area (Å²) < 4.78 is 0. The van der Waals surface area contributed by atoms with Crippen LogP contribution in [-0.2, 0) is 83.1 Å². The number of nitrogens with one attached hydrogen (secondary N) is 9. The van der Waals surface area contributed by atoms with E-state index in [0.29, 0.717) is 0 Å². The van der Waals surface area contributed by atoms with E-state index in [0.717, 1.165) is 0 Å². The first-order valence-corrected chi connectivity index (χ1v) is 26.3. The van der Waals surface area contributed by atoms with Crippen LogP contribution in [0.15, 0.2) is 24.3 Å². The first-order chi connectivity index (χ1) is 39.8. The van der Waals surface area contributed by atoms with Crippen LogP contribution in [0.3, 0.4) is 0 Å². The van der Waals surface area contributed by atoms with E-state index in [2.05, 4.69) is 44.5 Å². The predicted octanol–water partition coefficient (Wildman–Crippen LogP) is -7.85. The minimum atomic E-state index is -2.36. The number of amides is 10. The Morgan fingerprint density at radius 1 is 0.388 bits per heavy atom. The van der Waals surface area contributed by atoms with Gasteiger partial charge in [-0.05, 0) is 69.3 Å². The quantitative estimate of drug-likeness (QED) is 0.0214. The number of aromatic hydroxyl groups is 1. The molecule has 0 aliphatic heterocycles. The molecule has 0 bridgehead atoms. The number of unbranched alkanes of at least 4 members (excludes halogenated alkanes) is 2. The summed E-state index contributed by atoms with van der Waals surface area (Å²) in [5.41, 5.74) is 22.1. The molecular formula is C48H71N13O23S. The smallest absolute Gasteiger partial charge is 0.327 e. The Bertz CT molecular complexity index is 2600. The molecule has 24 N–H and O–H groups in total. The van der Waals surface area contributed by atoms with Crippen molar-refractivity contribution in [1.29, 1.82) is 0 Å². The van der Waals surface area contributed by atoms with Crippen LogP contribution in [0.4, 0.5) is 0 Å². The van der Waals surface area contributed by atoms with E-state index in [-0.39, 0.29) is 62.9 Å². The van der Waals surface area contributed by atoms with Crippen LogP contribution in [0, 0.1) is 0 Å². The first kappa shape index (κ1) is 73.8. The van der Waals surface area contributed by atoms with Crippen molar-refractivity contribution in [2.24, 2.45) is 22.9 Å². The molecule has 0 aliphatic carbocycles. The number of carboxylic acid groups (broad SMARTS) is 6. The minimum absolute atomic E-state index is 0.0253. The van der Waals surface area contributed by atoms with Gasteiger partial charge in [0.25, 0.3) is 0 Å². The molecule has 472 valence electrons. The maximum Gasteiger partial charge on any atom is 0.327 e. The van der Waals surface area contributed by atoms with Crippen LogP contribution in [0.25, 0.3) is 0 Å². The molecule has 0 aliphatic rings. The number of phenols is 1. The molecule has 0 spiro atoms. The molecule has 0 saturated heterocycles. The number of rotatable bonds is 42. The molecule has 1 aromatic rings. The largest absolute Gasteiger partial charge is 0.508 e. The third-order valence-electron chi connectivity index (χ3n) is 11.8. The van der Waals surface area contributed by atoms with Gasteiger partial charge >= 0.3 is 35.8 Å². The Kier molecular flexibility index (Phi) is 32.8. The zero-order valence-electron chi connectivity index (χ0n) is 45.3. The number of phenolic OH excluding ortho intramolecular Hbond substituents is 1. The van der Waals surface area contributed by atoms with Crippen molar-refractivity contribution >= 4 is 108 Å². The van der Waals surface area contributed by atoms with Gasteiger partial charge in [0.15, 0.2) is 0 Å². The maximum absolute atomic E-state index is 14.2. The molecule has 0 heterocycles. The van der Waals surface area contributed by atoms with Gasteiger partial charge in [0.05, 0.1) is 44.6 Å². The number of nitrogens with two attached hydrogens (primary N) is 4. The third kappa shape index (κ3) is 29.0. The van der Waals surface area contributed by atoms with Crippen LogP contribution in [-0.4, -0.2) is 210 Å². The average molecular weight is 1230 g/mol. The number of aliphatic carboxylic acids is 6. The topological polar surface area (TPSA) is 627 Å². The predicted molar refractivity (Wildman–Crippen MR) is 290 cm³/mol. The molecular weight excluding hydrogens is 1160 g/mol. The molecule has 10 atom stereocenters. The molecule has 37 heteroatoms. The van der Waals surface area contributed by atoms with Gasteiger partial charge in [0.1, 0.15) is 60.1 Å². The van der Waals surface area contributed by atoms with Gasteiger partial charge in [0, 0.05) is 12.2 Å². The second-order valence-corrected chi connectivity index (χ2v) is 19.1. The highest BCUT2D eigenvalue weighted by Gasteiger charge is 2.38. The molecule has 36 nitrogen and oxygen atoms in total. The monoisotopic (exact) mass is 1230 g/mol. The lowest BCUT2D eigenvalue weighted by Crippen LogP contribution is -2.61. The van der Waals surface area contributed by atoms with Crippen LogP contribution >= 0.6 is 12.6 Å². The van der Waals surface area contributed by atoms with Crippen molar-refractivity contribution in [1.82, 2.24) is 47.9 Å². The van der Waals surface area contributed by atoms with Gasteiger partial charge in [0.2, 0.25) is 59.1 Å². The number of carbonyl (C=O) groups excluding carboxylic acids is 10. The van der Waals surface area contributed by atoms with Crippen LogP contribution in [0.5, 0.6) is 5.75 Å². The zero-order chi connectivity index (χ0) is 64.7. The van der Waals surface area contributed by atoms with E-state index in [1.54, 1.807) is 0 Å². The fraction of sp³-hybridized carbons (Fsp3) is 0.542. The second-order valence-electron chi connectivity index (χ2n) is 18.8. The Balaban J connectivity index is 3.65. The lowest BCUT2D eigenvalue weighted by molar-refractivity contribution is -0.145. The molecule has 0 unspecified atom stereocenters. The summed E-state index contributed by atoms with van der Waals surface area (Å²) >= 11 is 3.86. The summed E-state index contributed by atoms with van der Waals surface area (Å²) in [7, 11) is 0. The first-order valence-electron chi connectivity index (χ1n) is 25.7. The number of hydrogen-bond donors (Lipinski definition) is 21. The summed E-state index contributed by atoms with van der Waals surface area (Å²) in [6.07, 6.45) is -7.54. The van der Waals surface area contributed by atoms with Crippen molar-refractivity contribution in [2.45, 2.75) is 144 Å². The van der Waals surface area contributed by atoms with E-state index < -0.39 is 206 Å². The van der Waals surface area contributed by atoms with Gasteiger partial charge in [-0.1, -0.05) is 12.1 Å². The summed E-state index contributed by atoms with van der Waals surface area (Å²) in [5.74, 6) is -24.5. The number of carboxylic acids is 6. The van der Waals surface area contributed by atoms with Crippen LogP contribution in [0.1, 0.15) is 82.6 Å². The Hall–Kier alpha value is -9.23. The second kappa shape index (κ2) is 37.8. The van der Waals surface area contributed by atoms with Gasteiger partial charge in [-0.15, -0.1) is 0 Å². The number of hydrogen-bond acceptors (Lipinski definition) is 21. The Morgan fingerprint density at radius 3 is 0.941 bits per heavy atom. The van der Waals surface area contributed by atoms with Gasteiger partial charge in [-0.2, -0.15) is 12.6 Å². The number of carbonyl (C=O) groups is 16. The van der Waals surface area contributed by atoms with E-state index in [4.69, 9.17) is 22.9 Å². The summed E-state index contributed by atoms with van der Waals surface area (Å²) in [6, 6.07) is -14.4. The molecule has 0 saturated carbocycles. The fourth-order valence-corrected chi connectivity index (χ4v) is 7.72. The number of benzene rings is 1. The van der Waals surface area contributed by atoms with Gasteiger partial charge in [-0.25, -0.2) is 4.79 Å². The lowest BCUT2D eigenvalue weighted by Gasteiger charge is -2.27. The molecule has 1 aromatic carbocycles. The lowest BCUT2D eigenvalue weighted by atomic mass is 10.0. The highest BCUT2D eigenvalue weighted by molar-refractivity contribution is 7.80. The van der Waals surface area contributed by atoms with Gasteiger partial charge < -0.3 is 107 Å². The number of primary amides is 1. The molecule has 1 rings (SSSR count). The highest BCUT2D eigenvalue weighted by atomic mass is 32.1. The van der Waals surface area contributed by atoms with E-state index in [1.807, 2.05) is 16.0 Å². The third-order valence-corrected chi connectivity index (χ3v) is 12.1. The SMILES string of the molecule is NCCCC[C@H](NC(=O)[C@H](CC(=O)O)NC(=O)[C@H](CC(=O)O)NC(=O)[C@H](CC(=O)O)NC(=O)[C@H](CC(=O)O)NC(=O)[C@H](CCCCN)NC(=O)[C@H](Cc1ccc(O)cc1)NC(=O)[C@H](CC(=O)O)NC(=O)[C@@H](N)CC(N)=O)C(=O)N[C@@H](CS)C(=O)O. The zero-order valence-corrected chi connectivity index (χ0v) is 46.2. The molecule has 85 heavy (non-hydrogen) atoms. The van der Waals surface area contributed by atoms with Crippen LogP contribution in [0.2, 0.25) is 0 Å².